The number of amides is 1. The minimum atomic E-state index is -4.78. The summed E-state index contributed by atoms with van der Waals surface area (Å²) in [6.07, 6.45) is -3.56. The molecule has 0 saturated heterocycles. The minimum absolute atomic E-state index is 0.0269. The number of hydrogen-bond acceptors (Lipinski definition) is 5. The van der Waals surface area contributed by atoms with Crippen molar-refractivity contribution < 1.29 is 22.5 Å². The van der Waals surface area contributed by atoms with Crippen molar-refractivity contribution in [2.75, 3.05) is 5.32 Å². The average Bonchev–Trinajstić information content (AvgIpc) is 3.29. The first-order chi connectivity index (χ1) is 13.8. The van der Waals surface area contributed by atoms with Crippen LogP contribution in [-0.2, 0) is 6.18 Å². The molecule has 0 radical (unpaired) electrons. The number of hydrogen-bond donors (Lipinski definition) is 2. The number of rotatable bonds is 3. The second-order valence-corrected chi connectivity index (χ2v) is 6.10. The van der Waals surface area contributed by atoms with Crippen LogP contribution in [0.2, 0.25) is 0 Å². The van der Waals surface area contributed by atoms with E-state index in [-0.39, 0.29) is 28.3 Å². The Labute approximate surface area is 160 Å². The Bertz CT molecular complexity index is 1260. The average molecular weight is 403 g/mol. The molecular formula is C18H12F3N5O3. The van der Waals surface area contributed by atoms with Crippen LogP contribution in [0.5, 0.6) is 0 Å². The molecule has 1 amide bonds. The zero-order chi connectivity index (χ0) is 20.8. The number of aromatic nitrogens is 4. The molecule has 3 aromatic heterocycles. The molecule has 1 aromatic carbocycles. The largest absolute Gasteiger partial charge is 0.433 e. The molecule has 29 heavy (non-hydrogen) atoms. The molecule has 0 spiro atoms. The van der Waals surface area contributed by atoms with Crippen LogP contribution in [0.25, 0.3) is 16.8 Å². The maximum Gasteiger partial charge on any atom is 0.433 e. The van der Waals surface area contributed by atoms with Crippen LogP contribution in [0, 0.1) is 6.92 Å². The first-order valence-electron chi connectivity index (χ1n) is 8.27. The van der Waals surface area contributed by atoms with Crippen molar-refractivity contribution in [3.63, 3.8) is 0 Å². The highest BCUT2D eigenvalue weighted by atomic mass is 19.4. The fourth-order valence-electron chi connectivity index (χ4n) is 2.98. The molecule has 0 saturated carbocycles. The number of nitrogens with zero attached hydrogens (tertiary/aromatic N) is 3. The van der Waals surface area contributed by atoms with E-state index in [1.54, 1.807) is 18.2 Å². The lowest BCUT2D eigenvalue weighted by atomic mass is 10.1. The molecule has 4 rings (SSSR count). The van der Waals surface area contributed by atoms with Gasteiger partial charge < -0.3 is 9.84 Å². The summed E-state index contributed by atoms with van der Waals surface area (Å²) < 4.78 is 46.1. The maximum absolute atomic E-state index is 13.6. The summed E-state index contributed by atoms with van der Waals surface area (Å²) in [5.41, 5.74) is -2.83. The van der Waals surface area contributed by atoms with Gasteiger partial charge in [-0.25, -0.2) is 4.98 Å². The Balaban J connectivity index is 1.96. The van der Waals surface area contributed by atoms with Gasteiger partial charge in [-0.3, -0.25) is 14.7 Å². The number of fused-ring (bicyclic) bond motifs is 1. The van der Waals surface area contributed by atoms with E-state index in [4.69, 9.17) is 0 Å². The molecule has 4 aromatic rings. The summed E-state index contributed by atoms with van der Waals surface area (Å²) in [7, 11) is 0. The van der Waals surface area contributed by atoms with Gasteiger partial charge in [0.05, 0.1) is 11.3 Å². The number of nitrogens with one attached hydrogen (secondary N) is 2. The van der Waals surface area contributed by atoms with E-state index in [1.807, 2.05) is 0 Å². The number of carbonyl (C=O) groups excluding carboxylic acids is 1. The van der Waals surface area contributed by atoms with Crippen LogP contribution < -0.4 is 10.9 Å². The van der Waals surface area contributed by atoms with E-state index in [2.05, 4.69) is 25.1 Å². The van der Waals surface area contributed by atoms with Crippen molar-refractivity contribution in [1.82, 2.24) is 19.8 Å². The third kappa shape index (κ3) is 3.16. The summed E-state index contributed by atoms with van der Waals surface area (Å²) >= 11 is 0. The SMILES string of the molecule is Cc1nc2c(-c3ccccc3)c(C(F)(F)F)[nH]n2c(=O)c1C(=O)Nc1ccon1. The zero-order valence-corrected chi connectivity index (χ0v) is 14.7. The van der Waals surface area contributed by atoms with E-state index in [0.29, 0.717) is 4.52 Å². The number of benzene rings is 1. The van der Waals surface area contributed by atoms with Gasteiger partial charge in [-0.1, -0.05) is 35.5 Å². The lowest BCUT2D eigenvalue weighted by Gasteiger charge is -2.07. The van der Waals surface area contributed by atoms with Crippen LogP contribution in [0.3, 0.4) is 0 Å². The Morgan fingerprint density at radius 3 is 2.55 bits per heavy atom. The molecule has 0 atom stereocenters. The lowest BCUT2D eigenvalue weighted by Crippen LogP contribution is -2.29. The number of H-pyrrole nitrogens is 1. The third-order valence-electron chi connectivity index (χ3n) is 4.21. The van der Waals surface area contributed by atoms with Crippen LogP contribution in [0.1, 0.15) is 21.7 Å². The van der Waals surface area contributed by atoms with Gasteiger partial charge in [-0.15, -0.1) is 0 Å². The monoisotopic (exact) mass is 403 g/mol. The van der Waals surface area contributed by atoms with Gasteiger partial charge in [0.1, 0.15) is 17.5 Å². The second-order valence-electron chi connectivity index (χ2n) is 6.10. The fourth-order valence-corrected chi connectivity index (χ4v) is 2.98. The van der Waals surface area contributed by atoms with Crippen molar-refractivity contribution >= 4 is 17.4 Å². The molecule has 3 heterocycles. The molecule has 2 N–H and O–H groups in total. The summed E-state index contributed by atoms with van der Waals surface area (Å²) in [5, 5.41) is 7.89. The number of alkyl halides is 3. The minimum Gasteiger partial charge on any atom is -0.363 e. The van der Waals surface area contributed by atoms with Crippen LogP contribution in [0.15, 0.2) is 52.0 Å². The number of halogens is 3. The summed E-state index contributed by atoms with van der Waals surface area (Å²) in [5.74, 6) is -0.820. The molecule has 0 fully saturated rings. The van der Waals surface area contributed by atoms with Gasteiger partial charge in [-0.05, 0) is 12.5 Å². The standard InChI is InChI=1S/C18H12F3N5O3/c1-9-12(16(27)23-11-7-8-29-25-11)17(28)26-15(22-9)13(10-5-3-2-4-6-10)14(24-26)18(19,20)21/h2-8,24H,1H3,(H,23,25,27). The summed E-state index contributed by atoms with van der Waals surface area (Å²) in [4.78, 5) is 29.5. The first-order valence-corrected chi connectivity index (χ1v) is 8.27. The molecule has 148 valence electrons. The predicted molar refractivity (Wildman–Crippen MR) is 95.4 cm³/mol. The molecule has 8 nitrogen and oxygen atoms in total. The lowest BCUT2D eigenvalue weighted by molar-refractivity contribution is -0.140. The second kappa shape index (κ2) is 6.62. The first kappa shape index (κ1) is 18.5. The normalized spacial score (nSPS) is 11.7. The zero-order valence-electron chi connectivity index (χ0n) is 14.7. The van der Waals surface area contributed by atoms with Crippen LogP contribution in [0.4, 0.5) is 19.0 Å². The fraction of sp³-hybridized carbons (Fsp3) is 0.111. The molecule has 0 bridgehead atoms. The topological polar surface area (TPSA) is 105 Å². The number of anilines is 1. The Morgan fingerprint density at radius 1 is 1.21 bits per heavy atom. The smallest absolute Gasteiger partial charge is 0.363 e. The third-order valence-corrected chi connectivity index (χ3v) is 4.21. The highest BCUT2D eigenvalue weighted by molar-refractivity contribution is 6.04. The van der Waals surface area contributed by atoms with Crippen molar-refractivity contribution in [3.05, 3.63) is 70.0 Å². The summed E-state index contributed by atoms with van der Waals surface area (Å²) in [6, 6.07) is 9.10. The molecule has 0 aliphatic carbocycles. The highest BCUT2D eigenvalue weighted by Crippen LogP contribution is 2.38. The Hall–Kier alpha value is -3.89. The van der Waals surface area contributed by atoms with Crippen LogP contribution in [-0.4, -0.2) is 25.7 Å². The van der Waals surface area contributed by atoms with Crippen LogP contribution >= 0.6 is 0 Å². The maximum atomic E-state index is 13.6. The van der Waals surface area contributed by atoms with Gasteiger partial charge in [0.15, 0.2) is 11.5 Å². The van der Waals surface area contributed by atoms with E-state index in [9.17, 15) is 22.8 Å². The molecule has 0 aliphatic heterocycles. The van der Waals surface area contributed by atoms with Crippen molar-refractivity contribution in [2.24, 2.45) is 0 Å². The highest BCUT2D eigenvalue weighted by Gasteiger charge is 2.38. The predicted octanol–water partition coefficient (Wildman–Crippen LogP) is 3.26. The van der Waals surface area contributed by atoms with Gasteiger partial charge in [0.2, 0.25) is 0 Å². The van der Waals surface area contributed by atoms with Crippen molar-refractivity contribution in [1.29, 1.82) is 0 Å². The van der Waals surface area contributed by atoms with Gasteiger partial charge in [0, 0.05) is 6.07 Å². The number of aryl methyl sites for hydroxylation is 1. The molecule has 0 unspecified atom stereocenters. The van der Waals surface area contributed by atoms with E-state index in [1.165, 1.54) is 31.4 Å². The summed E-state index contributed by atoms with van der Waals surface area (Å²) in [6.45, 7) is 1.37. The molecular weight excluding hydrogens is 391 g/mol. The number of carbonyl (C=O) groups is 1. The van der Waals surface area contributed by atoms with Crippen molar-refractivity contribution in [2.45, 2.75) is 13.1 Å². The quantitative estimate of drug-likeness (QED) is 0.546. The van der Waals surface area contributed by atoms with Crippen molar-refractivity contribution in [3.8, 4) is 11.1 Å². The van der Waals surface area contributed by atoms with Gasteiger partial charge in [-0.2, -0.15) is 17.7 Å². The molecule has 11 heteroatoms. The Morgan fingerprint density at radius 2 is 1.93 bits per heavy atom. The van der Waals surface area contributed by atoms with Gasteiger partial charge in [0.25, 0.3) is 11.5 Å². The number of aromatic amines is 1. The Kier molecular flexibility index (Phi) is 4.22. The van der Waals surface area contributed by atoms with E-state index >= 15 is 0 Å². The molecule has 0 aliphatic rings. The van der Waals surface area contributed by atoms with E-state index < -0.39 is 28.9 Å². The van der Waals surface area contributed by atoms with E-state index in [0.717, 1.165) is 0 Å². The van der Waals surface area contributed by atoms with Gasteiger partial charge >= 0.3 is 6.18 Å².